The normalized spacial score (nSPS) is 10.2. The Balaban J connectivity index is 2.11. The van der Waals surface area contributed by atoms with Gasteiger partial charge in [0.1, 0.15) is 5.82 Å². The average Bonchev–Trinajstić information content (AvgIpc) is 2.40. The molecular formula is C19H27F. The van der Waals surface area contributed by atoms with Crippen LogP contribution in [0.5, 0.6) is 0 Å². The molecule has 0 bridgehead atoms. The lowest BCUT2D eigenvalue weighted by molar-refractivity contribution is 0.579. The van der Waals surface area contributed by atoms with Crippen molar-refractivity contribution in [3.05, 3.63) is 35.1 Å². The lowest BCUT2D eigenvalue weighted by Gasteiger charge is -1.99. The second kappa shape index (κ2) is 10.5. The standard InChI is InChI=1S/C19H27F/c1-3-4-5-6-7-8-9-10-11-12-13-18-14-17(2)15-19(20)16-18/h14-16H,3-11H2,1-2H3. The van der Waals surface area contributed by atoms with E-state index in [9.17, 15) is 4.39 Å². The van der Waals surface area contributed by atoms with Crippen molar-refractivity contribution in [2.24, 2.45) is 0 Å². The fourth-order valence-corrected chi connectivity index (χ4v) is 2.32. The molecule has 0 atom stereocenters. The molecule has 1 rings (SSSR count). The second-order valence-corrected chi connectivity index (χ2v) is 5.54. The van der Waals surface area contributed by atoms with Crippen molar-refractivity contribution in [1.82, 2.24) is 0 Å². The maximum atomic E-state index is 13.2. The van der Waals surface area contributed by atoms with E-state index in [1.54, 1.807) is 0 Å². The molecule has 0 amide bonds. The molecule has 0 N–H and O–H groups in total. The molecule has 1 aromatic rings. The first-order valence-electron chi connectivity index (χ1n) is 7.98. The Hall–Kier alpha value is -1.29. The number of aryl methyl sites for hydroxylation is 1. The van der Waals surface area contributed by atoms with Crippen LogP contribution < -0.4 is 0 Å². The van der Waals surface area contributed by atoms with Gasteiger partial charge in [-0.15, -0.1) is 0 Å². The van der Waals surface area contributed by atoms with Crippen LogP contribution in [0.3, 0.4) is 0 Å². The summed E-state index contributed by atoms with van der Waals surface area (Å²) in [5.41, 5.74) is 1.73. The van der Waals surface area contributed by atoms with Crippen LogP contribution in [0.1, 0.15) is 75.8 Å². The largest absolute Gasteiger partial charge is 0.207 e. The molecule has 0 fully saturated rings. The highest BCUT2D eigenvalue weighted by atomic mass is 19.1. The first kappa shape index (κ1) is 16.8. The van der Waals surface area contributed by atoms with E-state index >= 15 is 0 Å². The van der Waals surface area contributed by atoms with Gasteiger partial charge in [-0.25, -0.2) is 4.39 Å². The van der Waals surface area contributed by atoms with E-state index in [0.29, 0.717) is 0 Å². The Morgan fingerprint density at radius 2 is 1.55 bits per heavy atom. The highest BCUT2D eigenvalue weighted by Crippen LogP contribution is 2.10. The summed E-state index contributed by atoms with van der Waals surface area (Å²) >= 11 is 0. The fourth-order valence-electron chi connectivity index (χ4n) is 2.32. The molecule has 110 valence electrons. The monoisotopic (exact) mass is 274 g/mol. The van der Waals surface area contributed by atoms with Crippen molar-refractivity contribution >= 4 is 0 Å². The van der Waals surface area contributed by atoms with Crippen LogP contribution >= 0.6 is 0 Å². The van der Waals surface area contributed by atoms with Crippen molar-refractivity contribution in [1.29, 1.82) is 0 Å². The summed E-state index contributed by atoms with van der Waals surface area (Å²) in [6.07, 6.45) is 11.5. The van der Waals surface area contributed by atoms with Crippen LogP contribution in [0.2, 0.25) is 0 Å². The fraction of sp³-hybridized carbons (Fsp3) is 0.579. The quantitative estimate of drug-likeness (QED) is 0.402. The van der Waals surface area contributed by atoms with E-state index in [1.807, 2.05) is 13.0 Å². The van der Waals surface area contributed by atoms with Gasteiger partial charge in [0.05, 0.1) is 0 Å². The van der Waals surface area contributed by atoms with Gasteiger partial charge in [-0.1, -0.05) is 63.7 Å². The molecule has 20 heavy (non-hydrogen) atoms. The molecule has 0 heterocycles. The van der Waals surface area contributed by atoms with Crippen LogP contribution in [0.4, 0.5) is 4.39 Å². The molecule has 0 aliphatic rings. The number of halogens is 1. The van der Waals surface area contributed by atoms with Gasteiger partial charge >= 0.3 is 0 Å². The Kier molecular flexibility index (Phi) is 8.79. The minimum Gasteiger partial charge on any atom is -0.207 e. The van der Waals surface area contributed by atoms with Gasteiger partial charge in [0.2, 0.25) is 0 Å². The number of benzene rings is 1. The third-order valence-electron chi connectivity index (χ3n) is 3.43. The van der Waals surface area contributed by atoms with Gasteiger partial charge in [0, 0.05) is 12.0 Å². The topological polar surface area (TPSA) is 0 Å². The third-order valence-corrected chi connectivity index (χ3v) is 3.43. The van der Waals surface area contributed by atoms with Crippen LogP contribution in [0.15, 0.2) is 18.2 Å². The summed E-state index contributed by atoms with van der Waals surface area (Å²) in [7, 11) is 0. The van der Waals surface area contributed by atoms with Crippen LogP contribution in [0.25, 0.3) is 0 Å². The smallest absolute Gasteiger partial charge is 0.124 e. The maximum absolute atomic E-state index is 13.2. The maximum Gasteiger partial charge on any atom is 0.124 e. The molecule has 0 aliphatic carbocycles. The molecular weight excluding hydrogens is 247 g/mol. The molecule has 1 aromatic carbocycles. The van der Waals surface area contributed by atoms with Crippen molar-refractivity contribution in [2.45, 2.75) is 71.6 Å². The summed E-state index contributed by atoms with van der Waals surface area (Å²) in [6.45, 7) is 4.14. The molecule has 0 aliphatic heterocycles. The SMILES string of the molecule is CCCCCCCCCCC#Cc1cc(C)cc(F)c1. The van der Waals surface area contributed by atoms with Crippen LogP contribution in [-0.4, -0.2) is 0 Å². The van der Waals surface area contributed by atoms with E-state index in [2.05, 4.69) is 18.8 Å². The number of hydrogen-bond acceptors (Lipinski definition) is 0. The molecule has 0 radical (unpaired) electrons. The van der Waals surface area contributed by atoms with Gasteiger partial charge in [0.25, 0.3) is 0 Å². The summed E-state index contributed by atoms with van der Waals surface area (Å²) in [5, 5.41) is 0. The summed E-state index contributed by atoms with van der Waals surface area (Å²) in [6, 6.07) is 4.97. The molecule has 0 nitrogen and oxygen atoms in total. The minimum absolute atomic E-state index is 0.193. The van der Waals surface area contributed by atoms with Gasteiger partial charge < -0.3 is 0 Å². The molecule has 1 heteroatoms. The third kappa shape index (κ3) is 8.00. The zero-order valence-electron chi connectivity index (χ0n) is 13.0. The van der Waals surface area contributed by atoms with E-state index in [1.165, 1.54) is 57.1 Å². The minimum atomic E-state index is -0.193. The Bertz CT molecular complexity index is 417. The highest BCUT2D eigenvalue weighted by molar-refractivity contribution is 5.37. The molecule has 0 unspecified atom stereocenters. The van der Waals surface area contributed by atoms with E-state index in [-0.39, 0.29) is 5.82 Å². The summed E-state index contributed by atoms with van der Waals surface area (Å²) in [4.78, 5) is 0. The number of hydrogen-bond donors (Lipinski definition) is 0. The Morgan fingerprint density at radius 3 is 2.20 bits per heavy atom. The molecule has 0 saturated heterocycles. The van der Waals surface area contributed by atoms with Gasteiger partial charge in [-0.2, -0.15) is 0 Å². The number of unbranched alkanes of at least 4 members (excludes halogenated alkanes) is 8. The van der Waals surface area contributed by atoms with Crippen molar-refractivity contribution in [3.63, 3.8) is 0 Å². The Morgan fingerprint density at radius 1 is 0.900 bits per heavy atom. The summed E-state index contributed by atoms with van der Waals surface area (Å²) in [5.74, 6) is 6.01. The first-order chi connectivity index (χ1) is 9.72. The van der Waals surface area contributed by atoms with Gasteiger partial charge in [-0.05, 0) is 37.1 Å². The lowest BCUT2D eigenvalue weighted by Crippen LogP contribution is -1.82. The molecule has 0 spiro atoms. The molecule has 0 aromatic heterocycles. The highest BCUT2D eigenvalue weighted by Gasteiger charge is 1.94. The zero-order valence-corrected chi connectivity index (χ0v) is 13.0. The summed E-state index contributed by atoms with van der Waals surface area (Å²) < 4.78 is 13.2. The predicted molar refractivity (Wildman–Crippen MR) is 85.2 cm³/mol. The van der Waals surface area contributed by atoms with Crippen molar-refractivity contribution in [2.75, 3.05) is 0 Å². The van der Waals surface area contributed by atoms with E-state index in [0.717, 1.165) is 24.0 Å². The van der Waals surface area contributed by atoms with Crippen molar-refractivity contribution < 1.29 is 4.39 Å². The average molecular weight is 274 g/mol. The van der Waals surface area contributed by atoms with Crippen LogP contribution in [-0.2, 0) is 0 Å². The van der Waals surface area contributed by atoms with Gasteiger partial charge in [0.15, 0.2) is 0 Å². The molecule has 0 saturated carbocycles. The van der Waals surface area contributed by atoms with Crippen LogP contribution in [0, 0.1) is 24.6 Å². The predicted octanol–water partition coefficient (Wildman–Crippen LogP) is 6.02. The Labute approximate surface area is 123 Å². The van der Waals surface area contributed by atoms with E-state index in [4.69, 9.17) is 0 Å². The zero-order chi connectivity index (χ0) is 14.6. The second-order valence-electron chi connectivity index (χ2n) is 5.54. The van der Waals surface area contributed by atoms with E-state index < -0.39 is 0 Å². The number of rotatable bonds is 8. The first-order valence-corrected chi connectivity index (χ1v) is 7.98. The van der Waals surface area contributed by atoms with Crippen molar-refractivity contribution in [3.8, 4) is 11.8 Å². The van der Waals surface area contributed by atoms with Gasteiger partial charge in [-0.3, -0.25) is 0 Å². The lowest BCUT2D eigenvalue weighted by atomic mass is 10.1.